The first kappa shape index (κ1) is 16.7. The molecule has 0 saturated carbocycles. The lowest BCUT2D eigenvalue weighted by Crippen LogP contribution is -2.28. The zero-order valence-electron chi connectivity index (χ0n) is 14.3. The summed E-state index contributed by atoms with van der Waals surface area (Å²) in [5, 5.41) is 6.38. The van der Waals surface area contributed by atoms with Gasteiger partial charge < -0.3 is 14.7 Å². The van der Waals surface area contributed by atoms with Gasteiger partial charge in [-0.2, -0.15) is 0 Å². The van der Waals surface area contributed by atoms with Gasteiger partial charge in [0.1, 0.15) is 5.76 Å². The summed E-state index contributed by atoms with van der Waals surface area (Å²) in [7, 11) is 0. The second-order valence-corrected chi connectivity index (χ2v) is 7.22. The number of furan rings is 1. The Morgan fingerprint density at radius 3 is 2.88 bits per heavy atom. The molecule has 3 heterocycles. The number of benzene rings is 1. The SMILES string of the molecule is O=C(CCc1ccco1)NC[C@@H](c1cccs1)c1c[nH]c2ccccc12. The number of nitrogens with one attached hydrogen (secondary N) is 2. The summed E-state index contributed by atoms with van der Waals surface area (Å²) in [6.07, 6.45) is 4.75. The predicted octanol–water partition coefficient (Wildman–Crippen LogP) is 4.70. The zero-order valence-corrected chi connectivity index (χ0v) is 15.1. The molecule has 1 amide bonds. The van der Waals surface area contributed by atoms with Crippen LogP contribution in [-0.2, 0) is 11.2 Å². The van der Waals surface area contributed by atoms with E-state index < -0.39 is 0 Å². The molecule has 0 bridgehead atoms. The van der Waals surface area contributed by atoms with E-state index in [1.165, 1.54) is 15.8 Å². The average Bonchev–Trinajstić information content (AvgIpc) is 3.42. The number of carbonyl (C=O) groups excluding carboxylic acids is 1. The molecule has 0 aliphatic heterocycles. The molecule has 0 aliphatic carbocycles. The first-order valence-corrected chi connectivity index (χ1v) is 9.58. The molecule has 1 aromatic carbocycles. The van der Waals surface area contributed by atoms with E-state index >= 15 is 0 Å². The maximum atomic E-state index is 12.3. The van der Waals surface area contributed by atoms with Crippen molar-refractivity contribution in [3.05, 3.63) is 82.6 Å². The van der Waals surface area contributed by atoms with Gasteiger partial charge in [-0.3, -0.25) is 4.79 Å². The van der Waals surface area contributed by atoms with Crippen molar-refractivity contribution in [3.63, 3.8) is 0 Å². The summed E-state index contributed by atoms with van der Waals surface area (Å²) in [4.78, 5) is 16.9. The fourth-order valence-corrected chi connectivity index (χ4v) is 4.08. The number of hydrogen-bond acceptors (Lipinski definition) is 3. The van der Waals surface area contributed by atoms with Crippen molar-refractivity contribution in [1.82, 2.24) is 10.3 Å². The molecule has 0 saturated heterocycles. The number of fused-ring (bicyclic) bond motifs is 1. The molecule has 5 heteroatoms. The summed E-state index contributed by atoms with van der Waals surface area (Å²) in [6, 6.07) is 16.2. The molecule has 4 aromatic rings. The van der Waals surface area contributed by atoms with Crippen LogP contribution in [-0.4, -0.2) is 17.4 Å². The van der Waals surface area contributed by atoms with Crippen LogP contribution < -0.4 is 5.32 Å². The third-order valence-electron chi connectivity index (χ3n) is 4.57. The van der Waals surface area contributed by atoms with Crippen molar-refractivity contribution in [3.8, 4) is 0 Å². The van der Waals surface area contributed by atoms with Crippen LogP contribution in [0.15, 0.2) is 70.8 Å². The first-order valence-electron chi connectivity index (χ1n) is 8.70. The number of H-pyrrole nitrogens is 1. The van der Waals surface area contributed by atoms with E-state index in [-0.39, 0.29) is 11.8 Å². The number of aromatic amines is 1. The van der Waals surface area contributed by atoms with Gasteiger partial charge in [-0.25, -0.2) is 0 Å². The Bertz CT molecular complexity index is 971. The fourth-order valence-electron chi connectivity index (χ4n) is 3.23. The van der Waals surface area contributed by atoms with Crippen molar-refractivity contribution in [2.75, 3.05) is 6.54 Å². The van der Waals surface area contributed by atoms with E-state index in [0.717, 1.165) is 11.3 Å². The molecule has 0 unspecified atom stereocenters. The van der Waals surface area contributed by atoms with Gasteiger partial charge in [-0.15, -0.1) is 11.3 Å². The second-order valence-electron chi connectivity index (χ2n) is 6.24. The molecule has 1 atom stereocenters. The molecular formula is C21H20N2O2S. The molecule has 26 heavy (non-hydrogen) atoms. The summed E-state index contributed by atoms with van der Waals surface area (Å²) >= 11 is 1.72. The second kappa shape index (κ2) is 7.62. The third kappa shape index (κ3) is 3.58. The summed E-state index contributed by atoms with van der Waals surface area (Å²) in [6.45, 7) is 0.583. The van der Waals surface area contributed by atoms with Crippen molar-refractivity contribution < 1.29 is 9.21 Å². The van der Waals surface area contributed by atoms with E-state index in [1.54, 1.807) is 17.6 Å². The lowest BCUT2D eigenvalue weighted by atomic mass is 9.96. The Hall–Kier alpha value is -2.79. The molecule has 0 fully saturated rings. The van der Waals surface area contributed by atoms with Gasteiger partial charge in [0, 0.05) is 47.3 Å². The topological polar surface area (TPSA) is 58.0 Å². The number of hydrogen-bond donors (Lipinski definition) is 2. The Morgan fingerprint density at radius 1 is 1.15 bits per heavy atom. The Balaban J connectivity index is 1.49. The maximum Gasteiger partial charge on any atom is 0.220 e. The fraction of sp³-hybridized carbons (Fsp3) is 0.190. The third-order valence-corrected chi connectivity index (χ3v) is 5.55. The van der Waals surface area contributed by atoms with Gasteiger partial charge >= 0.3 is 0 Å². The number of amides is 1. The maximum absolute atomic E-state index is 12.3. The lowest BCUT2D eigenvalue weighted by Gasteiger charge is -2.16. The van der Waals surface area contributed by atoms with Crippen LogP contribution in [0.25, 0.3) is 10.9 Å². The number of carbonyl (C=O) groups is 1. The highest BCUT2D eigenvalue weighted by Gasteiger charge is 2.20. The molecule has 4 rings (SSSR count). The minimum absolute atomic E-state index is 0.0443. The predicted molar refractivity (Wildman–Crippen MR) is 104 cm³/mol. The van der Waals surface area contributed by atoms with Gasteiger partial charge in [0.15, 0.2) is 0 Å². The highest BCUT2D eigenvalue weighted by atomic mass is 32.1. The van der Waals surface area contributed by atoms with Crippen LogP contribution in [0.2, 0.25) is 0 Å². The largest absolute Gasteiger partial charge is 0.469 e. The highest BCUT2D eigenvalue weighted by molar-refractivity contribution is 7.10. The van der Waals surface area contributed by atoms with E-state index in [0.29, 0.717) is 19.4 Å². The van der Waals surface area contributed by atoms with E-state index in [2.05, 4.69) is 46.1 Å². The minimum Gasteiger partial charge on any atom is -0.469 e. The van der Waals surface area contributed by atoms with Crippen molar-refractivity contribution in [2.24, 2.45) is 0 Å². The molecule has 0 radical (unpaired) electrons. The smallest absolute Gasteiger partial charge is 0.220 e. The molecule has 0 spiro atoms. The van der Waals surface area contributed by atoms with E-state index in [9.17, 15) is 4.79 Å². The van der Waals surface area contributed by atoms with Gasteiger partial charge in [0.05, 0.1) is 6.26 Å². The normalized spacial score (nSPS) is 12.3. The quantitative estimate of drug-likeness (QED) is 0.499. The van der Waals surface area contributed by atoms with Gasteiger partial charge in [0.2, 0.25) is 5.91 Å². The number of thiophene rings is 1. The van der Waals surface area contributed by atoms with Crippen LogP contribution in [0.5, 0.6) is 0 Å². The van der Waals surface area contributed by atoms with E-state index in [1.807, 2.05) is 24.3 Å². The first-order chi connectivity index (χ1) is 12.8. The van der Waals surface area contributed by atoms with Crippen molar-refractivity contribution in [1.29, 1.82) is 0 Å². The molecule has 2 N–H and O–H groups in total. The highest BCUT2D eigenvalue weighted by Crippen LogP contribution is 2.32. The van der Waals surface area contributed by atoms with Crippen LogP contribution in [0, 0.1) is 0 Å². The number of rotatable bonds is 7. The monoisotopic (exact) mass is 364 g/mol. The average molecular weight is 364 g/mol. The molecular weight excluding hydrogens is 344 g/mol. The Morgan fingerprint density at radius 2 is 2.08 bits per heavy atom. The minimum atomic E-state index is 0.0443. The Kier molecular flexibility index (Phi) is 4.88. The number of aryl methyl sites for hydroxylation is 1. The van der Waals surface area contributed by atoms with Crippen molar-refractivity contribution in [2.45, 2.75) is 18.8 Å². The number of para-hydroxylation sites is 1. The van der Waals surface area contributed by atoms with Crippen LogP contribution in [0.1, 0.15) is 28.5 Å². The molecule has 0 aliphatic rings. The lowest BCUT2D eigenvalue weighted by molar-refractivity contribution is -0.121. The summed E-state index contributed by atoms with van der Waals surface area (Å²) in [5.41, 5.74) is 2.34. The van der Waals surface area contributed by atoms with Crippen LogP contribution in [0.3, 0.4) is 0 Å². The van der Waals surface area contributed by atoms with Gasteiger partial charge in [-0.1, -0.05) is 24.3 Å². The molecule has 132 valence electrons. The van der Waals surface area contributed by atoms with Gasteiger partial charge in [-0.05, 0) is 35.2 Å². The standard InChI is InChI=1S/C21H20N2O2S/c24-21(10-9-15-5-3-11-25-15)23-14-18(20-8-4-12-26-20)17-13-22-19-7-2-1-6-16(17)19/h1-8,11-13,18,22H,9-10,14H2,(H,23,24)/t18-/m1/s1. The molecule has 3 aromatic heterocycles. The van der Waals surface area contributed by atoms with Gasteiger partial charge in [0.25, 0.3) is 0 Å². The van der Waals surface area contributed by atoms with E-state index in [4.69, 9.17) is 4.42 Å². The van der Waals surface area contributed by atoms with Crippen LogP contribution >= 0.6 is 11.3 Å². The van der Waals surface area contributed by atoms with Crippen molar-refractivity contribution >= 4 is 28.1 Å². The Labute approximate surface area is 155 Å². The van der Waals surface area contributed by atoms with Crippen LogP contribution in [0.4, 0.5) is 0 Å². The zero-order chi connectivity index (χ0) is 17.8. The summed E-state index contributed by atoms with van der Waals surface area (Å²) < 4.78 is 5.29. The number of aromatic nitrogens is 1. The molecule has 4 nitrogen and oxygen atoms in total. The summed E-state index contributed by atoms with van der Waals surface area (Å²) in [5.74, 6) is 1.02.